The molecule has 0 bridgehead atoms. The Balaban J connectivity index is 1.29. The van der Waals surface area contributed by atoms with E-state index in [9.17, 15) is 61.0 Å². The number of hydrogen-bond acceptors (Lipinski definition) is 18. The Hall–Kier alpha value is -2.25. The van der Waals surface area contributed by atoms with Gasteiger partial charge in [-0.25, -0.2) is 0 Å². The Bertz CT molecular complexity index is 1720. The smallest absolute Gasteiger partial charge is 0.220 e. The lowest BCUT2D eigenvalue weighted by molar-refractivity contribution is -0.379. The van der Waals surface area contributed by atoms with Crippen LogP contribution in [0.3, 0.4) is 0 Å². The van der Waals surface area contributed by atoms with Gasteiger partial charge in [0, 0.05) is 6.42 Å². The van der Waals surface area contributed by atoms with Crippen LogP contribution < -0.4 is 5.32 Å². The number of hydrogen-bond donors (Lipinski definition) is 12. The van der Waals surface area contributed by atoms with Crippen molar-refractivity contribution in [3.63, 3.8) is 0 Å². The fraction of sp³-hybridized carbons (Fsp3) is 0.862. The summed E-state index contributed by atoms with van der Waals surface area (Å²) in [6.45, 7) is 1.61. The predicted octanol–water partition coefficient (Wildman–Crippen LogP) is 7.43. The number of carbonyl (C=O) groups is 1. The maximum atomic E-state index is 13.3. The number of nitrogens with one attached hydrogen (secondary N) is 1. The van der Waals surface area contributed by atoms with Gasteiger partial charge in [0.25, 0.3) is 0 Å². The second-order valence-electron chi connectivity index (χ2n) is 23.6. The molecule has 0 aliphatic carbocycles. The molecule has 0 radical (unpaired) electrons. The second-order valence-corrected chi connectivity index (χ2v) is 23.6. The fourth-order valence-corrected chi connectivity index (χ4v) is 11.0. The van der Waals surface area contributed by atoms with Gasteiger partial charge in [-0.05, 0) is 57.8 Å². The van der Waals surface area contributed by atoms with Gasteiger partial charge >= 0.3 is 0 Å². The summed E-state index contributed by atoms with van der Waals surface area (Å²) in [4.78, 5) is 13.3. The average molecular weight is 1200 g/mol. The molecule has 0 aromatic heterocycles. The maximum absolute atomic E-state index is 13.3. The van der Waals surface area contributed by atoms with Crippen molar-refractivity contribution in [2.45, 2.75) is 330 Å². The Morgan fingerprint density at radius 1 is 0.429 bits per heavy atom. The van der Waals surface area contributed by atoms with Gasteiger partial charge in [0.15, 0.2) is 18.9 Å². The molecular formula is C65H117NO18. The highest BCUT2D eigenvalue weighted by Gasteiger charge is 2.53. The third-order valence-electron chi connectivity index (χ3n) is 16.4. The molecule has 0 aromatic carbocycles. The first kappa shape index (κ1) is 76.0. The fourth-order valence-electron chi connectivity index (χ4n) is 11.0. The molecule has 12 N–H and O–H groups in total. The zero-order valence-electron chi connectivity index (χ0n) is 51.4. The normalized spacial score (nSPS) is 29.5. The molecule has 19 heteroatoms. The zero-order valence-corrected chi connectivity index (χ0v) is 51.4. The highest BCUT2D eigenvalue weighted by atomic mass is 16.8. The number of unbranched alkanes of at least 4 members (excludes halogenated alkanes) is 27. The van der Waals surface area contributed by atoms with Crippen molar-refractivity contribution in [2.75, 3.05) is 26.4 Å². The highest BCUT2D eigenvalue weighted by Crippen LogP contribution is 2.33. The minimum Gasteiger partial charge on any atom is -0.394 e. The van der Waals surface area contributed by atoms with Gasteiger partial charge in [0.1, 0.15) is 73.2 Å². The first-order chi connectivity index (χ1) is 40.8. The molecule has 0 spiro atoms. The van der Waals surface area contributed by atoms with Gasteiger partial charge < -0.3 is 89.9 Å². The summed E-state index contributed by atoms with van der Waals surface area (Å²) in [7, 11) is 0. The molecule has 0 aromatic rings. The van der Waals surface area contributed by atoms with Crippen LogP contribution in [0.4, 0.5) is 0 Å². The van der Waals surface area contributed by atoms with Crippen molar-refractivity contribution >= 4 is 5.91 Å². The highest BCUT2D eigenvalue weighted by molar-refractivity contribution is 5.76. The molecule has 3 aliphatic rings. The molecule has 0 saturated carbocycles. The quantitative estimate of drug-likeness (QED) is 0.0208. The summed E-state index contributed by atoms with van der Waals surface area (Å²) in [5, 5.41) is 120. The third-order valence-corrected chi connectivity index (χ3v) is 16.4. The van der Waals surface area contributed by atoms with E-state index < -0.39 is 124 Å². The number of ether oxygens (including phenoxy) is 6. The molecule has 84 heavy (non-hydrogen) atoms. The van der Waals surface area contributed by atoms with Crippen molar-refractivity contribution in [3.8, 4) is 0 Å². The van der Waals surface area contributed by atoms with E-state index in [0.29, 0.717) is 6.42 Å². The molecule has 17 atom stereocenters. The molecule has 3 saturated heterocycles. The Morgan fingerprint density at radius 3 is 1.24 bits per heavy atom. The zero-order chi connectivity index (χ0) is 61.2. The van der Waals surface area contributed by atoms with E-state index in [-0.39, 0.29) is 18.9 Å². The van der Waals surface area contributed by atoms with Crippen LogP contribution in [-0.2, 0) is 33.2 Å². The molecule has 3 heterocycles. The maximum Gasteiger partial charge on any atom is 0.220 e. The van der Waals surface area contributed by atoms with Gasteiger partial charge in [-0.15, -0.1) is 0 Å². The summed E-state index contributed by atoms with van der Waals surface area (Å²) >= 11 is 0. The van der Waals surface area contributed by atoms with Crippen LogP contribution in [0.2, 0.25) is 0 Å². The lowest BCUT2D eigenvalue weighted by Crippen LogP contribution is -2.66. The van der Waals surface area contributed by atoms with Crippen LogP contribution in [0.25, 0.3) is 0 Å². The summed E-state index contributed by atoms with van der Waals surface area (Å²) in [6, 6.07) is -0.969. The molecule has 3 fully saturated rings. The molecule has 1 amide bonds. The van der Waals surface area contributed by atoms with Gasteiger partial charge in [-0.1, -0.05) is 210 Å². The number of aliphatic hydroxyl groups is 11. The van der Waals surface area contributed by atoms with E-state index in [1.807, 2.05) is 6.08 Å². The SMILES string of the molecule is CCCCCC/C=C/C(O)C(COC1OC(CO)C(OC2OC(CO)C(OC3OC(CO)C(O)C(O)C3O)C(O)C2O)C(O)C1O)NC(=O)CCCCCCCCCCCCCCCCCCCC/C=C\C/C=C\C/C=C\CCCCCCC. The van der Waals surface area contributed by atoms with Crippen LogP contribution in [-0.4, -0.2) is 193 Å². The van der Waals surface area contributed by atoms with E-state index in [2.05, 4.69) is 55.6 Å². The van der Waals surface area contributed by atoms with Crippen LogP contribution in [0.1, 0.15) is 226 Å². The minimum atomic E-state index is -1.98. The number of aliphatic hydroxyl groups excluding tert-OH is 11. The van der Waals surface area contributed by atoms with Crippen molar-refractivity contribution in [1.82, 2.24) is 5.32 Å². The molecule has 17 unspecified atom stereocenters. The predicted molar refractivity (Wildman–Crippen MR) is 323 cm³/mol. The summed E-state index contributed by atoms with van der Waals surface area (Å²) in [5.41, 5.74) is 0. The van der Waals surface area contributed by atoms with Gasteiger partial charge in [-0.2, -0.15) is 0 Å². The van der Waals surface area contributed by atoms with Gasteiger partial charge in [0.2, 0.25) is 5.91 Å². The number of rotatable bonds is 49. The van der Waals surface area contributed by atoms with Crippen molar-refractivity contribution < 1.29 is 89.4 Å². The Morgan fingerprint density at radius 2 is 0.786 bits per heavy atom. The number of amides is 1. The first-order valence-electron chi connectivity index (χ1n) is 32.9. The Kier molecular flexibility index (Phi) is 43.2. The summed E-state index contributed by atoms with van der Waals surface area (Å²) in [5.74, 6) is -0.281. The number of carbonyl (C=O) groups excluding carboxylic acids is 1. The Labute approximate surface area is 503 Å². The molecule has 19 nitrogen and oxygen atoms in total. The number of allylic oxidation sites excluding steroid dienone is 7. The van der Waals surface area contributed by atoms with Crippen LogP contribution in [0.5, 0.6) is 0 Å². The van der Waals surface area contributed by atoms with Gasteiger partial charge in [0.05, 0.1) is 38.6 Å². The topological polar surface area (TPSA) is 307 Å². The largest absolute Gasteiger partial charge is 0.394 e. The molecule has 3 aliphatic heterocycles. The summed E-state index contributed by atoms with van der Waals surface area (Å²) < 4.78 is 34.1. The lowest BCUT2D eigenvalue weighted by Gasteiger charge is -2.48. The van der Waals surface area contributed by atoms with E-state index >= 15 is 0 Å². The lowest BCUT2D eigenvalue weighted by atomic mass is 9.96. The monoisotopic (exact) mass is 1200 g/mol. The van der Waals surface area contributed by atoms with Crippen LogP contribution in [0.15, 0.2) is 48.6 Å². The standard InChI is InChI=1S/C65H117NO18/c1-3-5-7-9-11-12-13-14-15-16-17-18-19-20-21-22-23-24-25-26-27-28-29-30-31-32-33-34-35-36-37-39-41-43-53(71)66-48(49(70)42-40-38-10-8-6-4-2)47-79-63-59(77)56(74)61(51(45-68)81-63)84-65-60(78)57(75)62(52(46-69)82-65)83-64-58(76)55(73)54(72)50(44-67)80-64/h13-14,16-17,19-20,40,42,48-52,54-65,67-70,72-78H,3-12,15,18,21-39,41,43-47H2,1-2H3,(H,66,71)/b14-13-,17-16-,20-19-,42-40+. The van der Waals surface area contributed by atoms with Crippen molar-refractivity contribution in [1.29, 1.82) is 0 Å². The van der Waals surface area contributed by atoms with E-state index in [1.54, 1.807) is 6.08 Å². The molecule has 3 rings (SSSR count). The van der Waals surface area contributed by atoms with E-state index in [4.69, 9.17) is 28.4 Å². The molecule has 490 valence electrons. The first-order valence-corrected chi connectivity index (χ1v) is 32.9. The van der Waals surface area contributed by atoms with E-state index in [0.717, 1.165) is 64.2 Å². The minimum absolute atomic E-state index is 0.243. The van der Waals surface area contributed by atoms with Crippen molar-refractivity contribution in [2.24, 2.45) is 0 Å². The average Bonchev–Trinajstić information content (AvgIpc) is 2.01. The van der Waals surface area contributed by atoms with Crippen LogP contribution in [0, 0.1) is 0 Å². The second kappa shape index (κ2) is 47.7. The van der Waals surface area contributed by atoms with Crippen molar-refractivity contribution in [3.05, 3.63) is 48.6 Å². The van der Waals surface area contributed by atoms with Gasteiger partial charge in [-0.3, -0.25) is 4.79 Å². The van der Waals surface area contributed by atoms with Crippen LogP contribution >= 0.6 is 0 Å². The molecular weight excluding hydrogens is 1080 g/mol. The third kappa shape index (κ3) is 30.3. The van der Waals surface area contributed by atoms with E-state index in [1.165, 1.54) is 135 Å². The summed E-state index contributed by atoms with van der Waals surface area (Å²) in [6.07, 6.45) is 28.9.